The molecule has 0 aliphatic heterocycles. The Kier molecular flexibility index (Phi) is 4.70. The lowest BCUT2D eigenvalue weighted by Crippen LogP contribution is -2.22. The molecule has 0 aliphatic rings. The summed E-state index contributed by atoms with van der Waals surface area (Å²) >= 11 is 1.29. The van der Waals surface area contributed by atoms with Gasteiger partial charge in [0, 0.05) is 11.6 Å². The third kappa shape index (κ3) is 3.41. The third-order valence-electron chi connectivity index (χ3n) is 4.05. The molecule has 7 nitrogen and oxygen atoms in total. The first-order valence-corrected chi connectivity index (χ1v) is 9.35. The van der Waals surface area contributed by atoms with Crippen molar-refractivity contribution in [2.75, 3.05) is 11.9 Å². The van der Waals surface area contributed by atoms with Crippen molar-refractivity contribution in [3.05, 3.63) is 63.5 Å². The number of nitrogens with one attached hydrogen (secondary N) is 1. The minimum absolute atomic E-state index is 0.0678. The Labute approximate surface area is 163 Å². The van der Waals surface area contributed by atoms with Gasteiger partial charge < -0.3 is 13.6 Å². The molecule has 142 valence electrons. The Morgan fingerprint density at radius 1 is 1.32 bits per heavy atom. The van der Waals surface area contributed by atoms with Gasteiger partial charge in [0.05, 0.1) is 11.6 Å². The molecule has 0 radical (unpaired) electrons. The van der Waals surface area contributed by atoms with Gasteiger partial charge in [-0.1, -0.05) is 6.07 Å². The number of anilines is 1. The highest BCUT2D eigenvalue weighted by atomic mass is 32.1. The number of ether oxygens (including phenoxy) is 1. The smallest absolute Gasteiger partial charge is 0.264 e. The molecule has 0 aliphatic carbocycles. The van der Waals surface area contributed by atoms with Crippen LogP contribution < -0.4 is 15.5 Å². The molecule has 0 atom stereocenters. The number of benzene rings is 1. The average molecular weight is 396 g/mol. The van der Waals surface area contributed by atoms with Gasteiger partial charge in [-0.25, -0.2) is 4.98 Å². The van der Waals surface area contributed by atoms with E-state index in [1.54, 1.807) is 29.8 Å². The largest absolute Gasteiger partial charge is 0.476 e. The highest BCUT2D eigenvalue weighted by Crippen LogP contribution is 2.32. The van der Waals surface area contributed by atoms with Crippen molar-refractivity contribution in [1.82, 2.24) is 4.98 Å². The maximum Gasteiger partial charge on any atom is 0.264 e. The molecular formula is C20H16N2O5S. The van der Waals surface area contributed by atoms with E-state index in [0.717, 1.165) is 11.1 Å². The summed E-state index contributed by atoms with van der Waals surface area (Å²) in [6.45, 7) is 3.40. The van der Waals surface area contributed by atoms with E-state index >= 15 is 0 Å². The van der Waals surface area contributed by atoms with Gasteiger partial charge in [-0.05, 0) is 43.2 Å². The minimum Gasteiger partial charge on any atom is -0.476 e. The van der Waals surface area contributed by atoms with Crippen LogP contribution in [0.25, 0.3) is 22.5 Å². The Morgan fingerprint density at radius 2 is 2.18 bits per heavy atom. The van der Waals surface area contributed by atoms with E-state index in [9.17, 15) is 9.59 Å². The monoisotopic (exact) mass is 396 g/mol. The molecule has 28 heavy (non-hydrogen) atoms. The zero-order valence-electron chi connectivity index (χ0n) is 15.1. The standard InChI is InChI=1S/C20H16N2O5S/c1-11-8-12(2)17-13(9-11)16(24)19(18(27-17)14-4-3-6-25-14)26-10-15(23)22-20-21-5-7-28-20/h3-9H,10H2,1-2H3,(H,21,22,23). The van der Waals surface area contributed by atoms with Gasteiger partial charge in [0.2, 0.25) is 16.9 Å². The van der Waals surface area contributed by atoms with Gasteiger partial charge in [-0.15, -0.1) is 11.3 Å². The summed E-state index contributed by atoms with van der Waals surface area (Å²) in [5, 5.41) is 5.20. The highest BCUT2D eigenvalue weighted by Gasteiger charge is 2.21. The van der Waals surface area contributed by atoms with Crippen molar-refractivity contribution < 1.29 is 18.4 Å². The van der Waals surface area contributed by atoms with E-state index in [1.807, 2.05) is 19.9 Å². The quantitative estimate of drug-likeness (QED) is 0.545. The molecule has 1 amide bonds. The molecule has 1 aromatic carbocycles. The molecule has 0 bridgehead atoms. The van der Waals surface area contributed by atoms with E-state index in [4.69, 9.17) is 13.6 Å². The molecule has 1 N–H and O–H groups in total. The number of aryl methyl sites for hydroxylation is 2. The van der Waals surface area contributed by atoms with Crippen molar-refractivity contribution in [1.29, 1.82) is 0 Å². The fourth-order valence-corrected chi connectivity index (χ4v) is 3.46. The van der Waals surface area contributed by atoms with Crippen LogP contribution in [0.5, 0.6) is 5.75 Å². The number of carbonyl (C=O) groups excluding carboxylic acids is 1. The lowest BCUT2D eigenvalue weighted by molar-refractivity contribution is -0.118. The van der Waals surface area contributed by atoms with E-state index < -0.39 is 5.91 Å². The van der Waals surface area contributed by atoms with Gasteiger partial charge in [0.15, 0.2) is 17.5 Å². The molecule has 0 saturated heterocycles. The van der Waals surface area contributed by atoms with Crippen LogP contribution in [0.4, 0.5) is 5.13 Å². The molecule has 0 spiro atoms. The summed E-state index contributed by atoms with van der Waals surface area (Å²) in [5.74, 6) is -0.00666. The molecule has 4 aromatic rings. The number of carbonyl (C=O) groups is 1. The fourth-order valence-electron chi connectivity index (χ4n) is 2.91. The van der Waals surface area contributed by atoms with Crippen molar-refractivity contribution >= 4 is 33.3 Å². The van der Waals surface area contributed by atoms with Gasteiger partial charge in [0.25, 0.3) is 5.91 Å². The van der Waals surface area contributed by atoms with E-state index in [1.165, 1.54) is 17.6 Å². The van der Waals surface area contributed by atoms with Crippen LogP contribution in [-0.4, -0.2) is 17.5 Å². The van der Waals surface area contributed by atoms with Gasteiger partial charge >= 0.3 is 0 Å². The number of rotatable bonds is 5. The summed E-state index contributed by atoms with van der Waals surface area (Å²) in [5.41, 5.74) is 1.85. The minimum atomic E-state index is -0.430. The first kappa shape index (κ1) is 18.0. The number of nitrogens with zero attached hydrogens (tertiary/aromatic N) is 1. The second-order valence-electron chi connectivity index (χ2n) is 6.20. The number of fused-ring (bicyclic) bond motifs is 1. The maximum absolute atomic E-state index is 13.1. The fraction of sp³-hybridized carbons (Fsp3) is 0.150. The van der Waals surface area contributed by atoms with Crippen molar-refractivity contribution in [3.8, 4) is 17.3 Å². The van der Waals surface area contributed by atoms with Crippen LogP contribution in [0.2, 0.25) is 0 Å². The summed E-state index contributed by atoms with van der Waals surface area (Å²) in [4.78, 5) is 29.2. The summed E-state index contributed by atoms with van der Waals surface area (Å²) in [7, 11) is 0. The van der Waals surface area contributed by atoms with Crippen molar-refractivity contribution in [2.45, 2.75) is 13.8 Å². The Balaban J connectivity index is 1.75. The predicted molar refractivity (Wildman–Crippen MR) is 106 cm³/mol. The summed E-state index contributed by atoms with van der Waals surface area (Å²) in [6, 6.07) is 7.01. The first-order chi connectivity index (χ1) is 13.5. The van der Waals surface area contributed by atoms with E-state index in [-0.39, 0.29) is 23.5 Å². The first-order valence-electron chi connectivity index (χ1n) is 8.47. The summed E-state index contributed by atoms with van der Waals surface area (Å²) < 4.78 is 17.0. The molecule has 4 rings (SSSR count). The second kappa shape index (κ2) is 7.32. The average Bonchev–Trinajstić information content (AvgIpc) is 3.35. The number of furan rings is 1. The number of aromatic nitrogens is 1. The molecule has 0 unspecified atom stereocenters. The van der Waals surface area contributed by atoms with Gasteiger partial charge in [-0.2, -0.15) is 0 Å². The van der Waals surface area contributed by atoms with Crippen molar-refractivity contribution in [2.24, 2.45) is 0 Å². The predicted octanol–water partition coefficient (Wildman–Crippen LogP) is 4.14. The molecule has 8 heteroatoms. The van der Waals surface area contributed by atoms with E-state index in [2.05, 4.69) is 10.3 Å². The van der Waals surface area contributed by atoms with Gasteiger partial charge in [-0.3, -0.25) is 14.9 Å². The Morgan fingerprint density at radius 3 is 2.89 bits per heavy atom. The molecule has 3 aromatic heterocycles. The number of hydrogen-bond donors (Lipinski definition) is 1. The summed E-state index contributed by atoms with van der Waals surface area (Å²) in [6.07, 6.45) is 3.05. The van der Waals surface area contributed by atoms with Crippen LogP contribution in [0, 0.1) is 13.8 Å². The Hall–Kier alpha value is -3.39. The zero-order chi connectivity index (χ0) is 19.7. The molecule has 0 saturated carbocycles. The van der Waals surface area contributed by atoms with Crippen LogP contribution in [-0.2, 0) is 4.79 Å². The third-order valence-corrected chi connectivity index (χ3v) is 4.74. The van der Waals surface area contributed by atoms with Crippen LogP contribution in [0.15, 0.2) is 55.7 Å². The Bertz CT molecular complexity index is 1190. The molecular weight excluding hydrogens is 380 g/mol. The van der Waals surface area contributed by atoms with Gasteiger partial charge in [0.1, 0.15) is 5.58 Å². The maximum atomic E-state index is 13.1. The van der Waals surface area contributed by atoms with Crippen LogP contribution >= 0.6 is 11.3 Å². The molecule has 0 fully saturated rings. The van der Waals surface area contributed by atoms with Crippen LogP contribution in [0.1, 0.15) is 11.1 Å². The number of hydrogen-bond acceptors (Lipinski definition) is 7. The SMILES string of the molecule is Cc1cc(C)c2oc(-c3ccco3)c(OCC(=O)Nc3nccs3)c(=O)c2c1. The zero-order valence-corrected chi connectivity index (χ0v) is 16.0. The molecule has 3 heterocycles. The lowest BCUT2D eigenvalue weighted by atomic mass is 10.1. The number of amides is 1. The van der Waals surface area contributed by atoms with E-state index in [0.29, 0.717) is 21.9 Å². The highest BCUT2D eigenvalue weighted by molar-refractivity contribution is 7.13. The normalized spacial score (nSPS) is 10.9. The topological polar surface area (TPSA) is 94.6 Å². The van der Waals surface area contributed by atoms with Crippen molar-refractivity contribution in [3.63, 3.8) is 0 Å². The second-order valence-corrected chi connectivity index (χ2v) is 7.09. The number of thiazole rings is 1. The van der Waals surface area contributed by atoms with Crippen LogP contribution in [0.3, 0.4) is 0 Å². The lowest BCUT2D eigenvalue weighted by Gasteiger charge is -2.11.